The molecule has 1 heterocycles. The Morgan fingerprint density at radius 3 is 2.43 bits per heavy atom. The van der Waals surface area contributed by atoms with Crippen molar-refractivity contribution in [2.45, 2.75) is 44.4 Å². The van der Waals surface area contributed by atoms with Crippen LogP contribution in [0.4, 0.5) is 5.69 Å². The Labute approximate surface area is 126 Å². The molecule has 1 aromatic rings. The molecule has 21 heavy (non-hydrogen) atoms. The fourth-order valence-corrected chi connectivity index (χ4v) is 4.78. The fraction of sp³-hybridized carbons (Fsp3) is 0.600. The summed E-state index contributed by atoms with van der Waals surface area (Å²) in [5.41, 5.74) is 7.34. The van der Waals surface area contributed by atoms with E-state index in [1.54, 1.807) is 4.31 Å². The van der Waals surface area contributed by atoms with Gasteiger partial charge in [0.05, 0.1) is 17.5 Å². The number of sulfonamides is 1. The molecule has 116 valence electrons. The Balaban J connectivity index is 1.82. The van der Waals surface area contributed by atoms with E-state index in [4.69, 9.17) is 10.5 Å². The van der Waals surface area contributed by atoms with E-state index >= 15 is 0 Å². The minimum absolute atomic E-state index is 0.0855. The molecule has 0 bridgehead atoms. The Bertz CT molecular complexity index is 575. The summed E-state index contributed by atoms with van der Waals surface area (Å²) >= 11 is 0. The Kier molecular flexibility index (Phi) is 4.19. The van der Waals surface area contributed by atoms with Gasteiger partial charge in [0.15, 0.2) is 0 Å². The molecule has 0 aromatic heterocycles. The molecular formula is C15H22N2O3S. The van der Waals surface area contributed by atoms with E-state index in [0.29, 0.717) is 13.2 Å². The van der Waals surface area contributed by atoms with Crippen LogP contribution < -0.4 is 10.0 Å². The van der Waals surface area contributed by atoms with E-state index < -0.39 is 10.0 Å². The topological polar surface area (TPSA) is 72.6 Å². The molecule has 6 heteroatoms. The van der Waals surface area contributed by atoms with Gasteiger partial charge in [-0.15, -0.1) is 0 Å². The van der Waals surface area contributed by atoms with Crippen LogP contribution in [-0.4, -0.2) is 32.9 Å². The number of nitrogens with zero attached hydrogens (tertiary/aromatic N) is 1. The molecule has 2 fully saturated rings. The van der Waals surface area contributed by atoms with Gasteiger partial charge in [-0.25, -0.2) is 8.42 Å². The number of hydrogen-bond donors (Lipinski definition) is 1. The fourth-order valence-electron chi connectivity index (χ4n) is 2.78. The summed E-state index contributed by atoms with van der Waals surface area (Å²) in [7, 11) is -3.34. The van der Waals surface area contributed by atoms with Crippen molar-refractivity contribution in [2.75, 3.05) is 16.7 Å². The minimum Gasteiger partial charge on any atom is -0.377 e. The normalized spacial score (nSPS) is 22.4. The lowest BCUT2D eigenvalue weighted by Crippen LogP contribution is -2.38. The van der Waals surface area contributed by atoms with E-state index in [0.717, 1.165) is 36.9 Å². The molecule has 1 saturated heterocycles. The minimum atomic E-state index is -3.34. The largest absolute Gasteiger partial charge is 0.377 e. The van der Waals surface area contributed by atoms with E-state index in [2.05, 4.69) is 0 Å². The lowest BCUT2D eigenvalue weighted by atomic mass is 10.2. The molecule has 1 aromatic carbocycles. The van der Waals surface area contributed by atoms with Gasteiger partial charge in [0, 0.05) is 19.2 Å². The molecule has 0 spiro atoms. The van der Waals surface area contributed by atoms with E-state index in [-0.39, 0.29) is 17.9 Å². The summed E-state index contributed by atoms with van der Waals surface area (Å²) in [5.74, 6) is 0.0855. The van der Waals surface area contributed by atoms with E-state index in [9.17, 15) is 8.42 Å². The number of hydrogen-bond acceptors (Lipinski definition) is 4. The monoisotopic (exact) mass is 310 g/mol. The first-order chi connectivity index (χ1) is 10.1. The van der Waals surface area contributed by atoms with Crippen molar-refractivity contribution in [3.05, 3.63) is 29.8 Å². The molecule has 1 unspecified atom stereocenters. The second-order valence-electron chi connectivity index (χ2n) is 5.81. The maximum absolute atomic E-state index is 12.7. The average molecular weight is 310 g/mol. The van der Waals surface area contributed by atoms with Crippen LogP contribution in [0.15, 0.2) is 24.3 Å². The summed E-state index contributed by atoms with van der Waals surface area (Å²) in [5, 5.41) is 0. The first kappa shape index (κ1) is 14.8. The standard InChI is InChI=1S/C15H22N2O3S/c16-10-12-3-5-13(6-4-12)17(14-7-8-14)21(18,19)11-15-2-1-9-20-15/h3-6,14-15H,1-2,7-11,16H2. The molecule has 2 aliphatic rings. The van der Waals surface area contributed by atoms with Gasteiger partial charge in [0.2, 0.25) is 10.0 Å². The van der Waals surface area contributed by atoms with Gasteiger partial charge in [0.25, 0.3) is 0 Å². The predicted octanol–water partition coefficient (Wildman–Crippen LogP) is 1.62. The third-order valence-electron chi connectivity index (χ3n) is 4.03. The van der Waals surface area contributed by atoms with Gasteiger partial charge in [-0.1, -0.05) is 12.1 Å². The molecule has 1 atom stereocenters. The van der Waals surface area contributed by atoms with Gasteiger partial charge in [-0.05, 0) is 43.4 Å². The molecule has 1 aliphatic heterocycles. The molecule has 1 saturated carbocycles. The van der Waals surface area contributed by atoms with Crippen LogP contribution in [0.1, 0.15) is 31.2 Å². The number of benzene rings is 1. The van der Waals surface area contributed by atoms with Crippen LogP contribution in [-0.2, 0) is 21.3 Å². The highest BCUT2D eigenvalue weighted by molar-refractivity contribution is 7.92. The van der Waals surface area contributed by atoms with Gasteiger partial charge >= 0.3 is 0 Å². The smallest absolute Gasteiger partial charge is 0.237 e. The molecule has 3 rings (SSSR count). The maximum Gasteiger partial charge on any atom is 0.237 e. The van der Waals surface area contributed by atoms with Crippen LogP contribution in [0.3, 0.4) is 0 Å². The summed E-state index contributed by atoms with van der Waals surface area (Å²) in [6.45, 7) is 1.14. The molecule has 0 amide bonds. The Hall–Kier alpha value is -1.11. The second kappa shape index (κ2) is 5.94. The van der Waals surface area contributed by atoms with Crippen molar-refractivity contribution in [3.63, 3.8) is 0 Å². The van der Waals surface area contributed by atoms with Crippen molar-refractivity contribution in [1.82, 2.24) is 0 Å². The molecule has 1 aliphatic carbocycles. The highest BCUT2D eigenvalue weighted by atomic mass is 32.2. The Morgan fingerprint density at radius 1 is 1.19 bits per heavy atom. The third-order valence-corrected chi connectivity index (χ3v) is 5.93. The van der Waals surface area contributed by atoms with Crippen LogP contribution in [0.2, 0.25) is 0 Å². The molecule has 0 radical (unpaired) electrons. The second-order valence-corrected chi connectivity index (χ2v) is 7.70. The van der Waals surface area contributed by atoms with Crippen molar-refractivity contribution >= 4 is 15.7 Å². The summed E-state index contributed by atoms with van der Waals surface area (Å²) in [4.78, 5) is 0. The van der Waals surface area contributed by atoms with Crippen LogP contribution in [0.5, 0.6) is 0 Å². The third kappa shape index (κ3) is 3.39. The van der Waals surface area contributed by atoms with Crippen molar-refractivity contribution in [1.29, 1.82) is 0 Å². The number of anilines is 1. The zero-order valence-corrected chi connectivity index (χ0v) is 12.9. The predicted molar refractivity (Wildman–Crippen MR) is 82.6 cm³/mol. The number of ether oxygens (including phenoxy) is 1. The van der Waals surface area contributed by atoms with Crippen molar-refractivity contribution < 1.29 is 13.2 Å². The van der Waals surface area contributed by atoms with Gasteiger partial charge in [-0.2, -0.15) is 0 Å². The van der Waals surface area contributed by atoms with Crippen molar-refractivity contribution in [3.8, 4) is 0 Å². The van der Waals surface area contributed by atoms with Crippen molar-refractivity contribution in [2.24, 2.45) is 5.73 Å². The highest BCUT2D eigenvalue weighted by Crippen LogP contribution is 2.35. The van der Waals surface area contributed by atoms with Gasteiger partial charge in [-0.3, -0.25) is 4.31 Å². The average Bonchev–Trinajstić information content (AvgIpc) is 3.16. The Morgan fingerprint density at radius 2 is 1.90 bits per heavy atom. The molecule has 5 nitrogen and oxygen atoms in total. The number of rotatable bonds is 6. The zero-order valence-electron chi connectivity index (χ0n) is 12.1. The maximum atomic E-state index is 12.7. The van der Waals surface area contributed by atoms with E-state index in [1.165, 1.54) is 0 Å². The summed E-state index contributed by atoms with van der Waals surface area (Å²) < 4.78 is 32.6. The van der Waals surface area contributed by atoms with Crippen LogP contribution in [0, 0.1) is 0 Å². The lowest BCUT2D eigenvalue weighted by molar-refractivity contribution is 0.127. The SMILES string of the molecule is NCc1ccc(N(C2CC2)S(=O)(=O)CC2CCCO2)cc1. The van der Waals surface area contributed by atoms with Crippen LogP contribution in [0.25, 0.3) is 0 Å². The van der Waals surface area contributed by atoms with Gasteiger partial charge in [0.1, 0.15) is 0 Å². The molecule has 2 N–H and O–H groups in total. The summed E-state index contributed by atoms with van der Waals surface area (Å²) in [6, 6.07) is 7.61. The first-order valence-corrected chi connectivity index (χ1v) is 9.14. The zero-order chi connectivity index (χ0) is 14.9. The molecular weight excluding hydrogens is 288 g/mol. The van der Waals surface area contributed by atoms with Gasteiger partial charge < -0.3 is 10.5 Å². The van der Waals surface area contributed by atoms with Crippen LogP contribution >= 0.6 is 0 Å². The van der Waals surface area contributed by atoms with E-state index in [1.807, 2.05) is 24.3 Å². The number of nitrogens with two attached hydrogens (primary N) is 1. The first-order valence-electron chi connectivity index (χ1n) is 7.53. The summed E-state index contributed by atoms with van der Waals surface area (Å²) in [6.07, 6.45) is 3.51. The lowest BCUT2D eigenvalue weighted by Gasteiger charge is -2.26. The highest BCUT2D eigenvalue weighted by Gasteiger charge is 2.39. The quantitative estimate of drug-likeness (QED) is 0.866.